The van der Waals surface area contributed by atoms with Crippen LogP contribution in [0.5, 0.6) is 0 Å². The molecule has 0 aromatic heterocycles. The van der Waals surface area contributed by atoms with Gasteiger partial charge in [-0.1, -0.05) is 111 Å². The van der Waals surface area contributed by atoms with Crippen molar-refractivity contribution in [3.8, 4) is 11.1 Å². The van der Waals surface area contributed by atoms with Crippen molar-refractivity contribution in [3.05, 3.63) is 138 Å². The molecule has 6 aromatic rings. The van der Waals surface area contributed by atoms with Crippen LogP contribution in [0.3, 0.4) is 0 Å². The summed E-state index contributed by atoms with van der Waals surface area (Å²) in [5.41, 5.74) is 9.26. The third-order valence-corrected chi connectivity index (χ3v) is 8.37. The van der Waals surface area contributed by atoms with E-state index in [1.165, 1.54) is 54.6 Å². The largest absolute Gasteiger partial charge is 0.253 e. The standard InChI is InChI=1S/C37H29N/c1-23(25-12-6-5-7-13-25)38-24(2)26-18-19-35-33(20-26)34-21-31-29-16-10-8-14-27(29)28-15-9-11-17-30(28)32(31)22-36(34)37(35,3)4/h5-22H,1H2,2-4H3/b38-24+. The Morgan fingerprint density at radius 2 is 1.08 bits per heavy atom. The van der Waals surface area contributed by atoms with E-state index in [4.69, 9.17) is 4.99 Å². The van der Waals surface area contributed by atoms with E-state index in [9.17, 15) is 0 Å². The van der Waals surface area contributed by atoms with Gasteiger partial charge in [0.05, 0.1) is 5.70 Å². The van der Waals surface area contributed by atoms with Crippen LogP contribution >= 0.6 is 0 Å². The summed E-state index contributed by atoms with van der Waals surface area (Å²) in [4.78, 5) is 4.88. The van der Waals surface area contributed by atoms with E-state index in [2.05, 4.69) is 118 Å². The zero-order chi connectivity index (χ0) is 26.0. The van der Waals surface area contributed by atoms with Crippen LogP contribution in [0.25, 0.3) is 49.1 Å². The number of nitrogens with zero attached hydrogens (tertiary/aromatic N) is 1. The van der Waals surface area contributed by atoms with Gasteiger partial charge in [0.15, 0.2) is 0 Å². The van der Waals surface area contributed by atoms with Gasteiger partial charge in [0.1, 0.15) is 0 Å². The molecule has 0 bridgehead atoms. The lowest BCUT2D eigenvalue weighted by atomic mass is 9.81. The SMILES string of the molecule is C=C(/N=C(\C)c1ccc2c(c1)-c1cc3c4ccccc4c4ccccc4c3cc1C2(C)C)c1ccccc1. The van der Waals surface area contributed by atoms with E-state index in [0.717, 1.165) is 22.5 Å². The highest BCUT2D eigenvalue weighted by Crippen LogP contribution is 2.51. The molecule has 0 amide bonds. The average molecular weight is 488 g/mol. The van der Waals surface area contributed by atoms with Crippen LogP contribution in [0.4, 0.5) is 0 Å². The predicted molar refractivity (Wildman–Crippen MR) is 164 cm³/mol. The van der Waals surface area contributed by atoms with E-state index in [0.29, 0.717) is 0 Å². The maximum atomic E-state index is 4.88. The van der Waals surface area contributed by atoms with Crippen molar-refractivity contribution >= 4 is 43.7 Å². The first kappa shape index (κ1) is 22.7. The number of hydrogen-bond donors (Lipinski definition) is 0. The molecule has 1 heteroatoms. The fraction of sp³-hybridized carbons (Fsp3) is 0.108. The van der Waals surface area contributed by atoms with E-state index >= 15 is 0 Å². The Kier molecular flexibility index (Phi) is 4.93. The van der Waals surface area contributed by atoms with E-state index in [1.54, 1.807) is 0 Å². The fourth-order valence-corrected chi connectivity index (χ4v) is 6.34. The van der Waals surface area contributed by atoms with Crippen molar-refractivity contribution in [2.75, 3.05) is 0 Å². The Morgan fingerprint density at radius 3 is 1.71 bits per heavy atom. The normalized spacial score (nSPS) is 14.1. The molecule has 7 rings (SSSR count). The second kappa shape index (κ2) is 8.26. The van der Waals surface area contributed by atoms with E-state index in [1.807, 2.05) is 18.2 Å². The van der Waals surface area contributed by atoms with Crippen molar-refractivity contribution in [3.63, 3.8) is 0 Å². The summed E-state index contributed by atoms with van der Waals surface area (Å²) >= 11 is 0. The number of hydrogen-bond acceptors (Lipinski definition) is 1. The second-order valence-electron chi connectivity index (χ2n) is 10.9. The van der Waals surface area contributed by atoms with Gasteiger partial charge >= 0.3 is 0 Å². The minimum atomic E-state index is -0.0805. The van der Waals surface area contributed by atoms with Gasteiger partial charge in [-0.25, -0.2) is 0 Å². The first-order valence-corrected chi connectivity index (χ1v) is 13.3. The minimum Gasteiger partial charge on any atom is -0.253 e. The molecule has 6 aromatic carbocycles. The Morgan fingerprint density at radius 1 is 0.553 bits per heavy atom. The van der Waals surface area contributed by atoms with Crippen LogP contribution < -0.4 is 0 Å². The zero-order valence-corrected chi connectivity index (χ0v) is 22.0. The van der Waals surface area contributed by atoms with Crippen LogP contribution in [-0.4, -0.2) is 5.71 Å². The van der Waals surface area contributed by atoms with Gasteiger partial charge in [0.25, 0.3) is 0 Å². The highest BCUT2D eigenvalue weighted by molar-refractivity contribution is 6.26. The molecule has 0 saturated heterocycles. The smallest absolute Gasteiger partial charge is 0.0633 e. The predicted octanol–water partition coefficient (Wildman–Crippen LogP) is 9.93. The number of rotatable bonds is 3. The molecule has 0 unspecified atom stereocenters. The molecule has 0 aliphatic heterocycles. The Balaban J connectivity index is 1.45. The summed E-state index contributed by atoms with van der Waals surface area (Å²) in [7, 11) is 0. The zero-order valence-electron chi connectivity index (χ0n) is 22.0. The van der Waals surface area contributed by atoms with Crippen LogP contribution in [0.15, 0.2) is 121 Å². The lowest BCUT2D eigenvalue weighted by Crippen LogP contribution is -2.15. The van der Waals surface area contributed by atoms with Gasteiger partial charge in [0, 0.05) is 11.1 Å². The van der Waals surface area contributed by atoms with Crippen molar-refractivity contribution in [2.45, 2.75) is 26.2 Å². The molecular weight excluding hydrogens is 458 g/mol. The number of benzene rings is 6. The number of aliphatic imine (C=N–C) groups is 1. The summed E-state index contributed by atoms with van der Waals surface area (Å²) < 4.78 is 0. The molecule has 1 nitrogen and oxygen atoms in total. The van der Waals surface area contributed by atoms with Gasteiger partial charge in [-0.05, 0) is 90.8 Å². The van der Waals surface area contributed by atoms with Crippen molar-refractivity contribution < 1.29 is 0 Å². The molecule has 1 aliphatic carbocycles. The maximum absolute atomic E-state index is 4.88. The Labute approximate surface area is 223 Å². The molecule has 1 aliphatic rings. The monoisotopic (exact) mass is 487 g/mol. The molecule has 0 N–H and O–H groups in total. The summed E-state index contributed by atoms with van der Waals surface area (Å²) in [6.07, 6.45) is 0. The summed E-state index contributed by atoms with van der Waals surface area (Å²) in [6.45, 7) is 11.0. The van der Waals surface area contributed by atoms with Crippen LogP contribution in [0, 0.1) is 0 Å². The fourth-order valence-electron chi connectivity index (χ4n) is 6.34. The van der Waals surface area contributed by atoms with Gasteiger partial charge < -0.3 is 0 Å². The molecule has 0 saturated carbocycles. The molecule has 38 heavy (non-hydrogen) atoms. The summed E-state index contributed by atoms with van der Waals surface area (Å²) in [5.74, 6) is 0. The molecular formula is C37H29N. The summed E-state index contributed by atoms with van der Waals surface area (Å²) in [5, 5.41) is 7.90. The third-order valence-electron chi connectivity index (χ3n) is 8.37. The van der Waals surface area contributed by atoms with Crippen LogP contribution in [-0.2, 0) is 5.41 Å². The van der Waals surface area contributed by atoms with Crippen LogP contribution in [0.1, 0.15) is 43.0 Å². The Bertz CT molecular complexity index is 1950. The first-order chi connectivity index (χ1) is 18.4. The Hall–Kier alpha value is -4.49. The van der Waals surface area contributed by atoms with Gasteiger partial charge in [-0.3, -0.25) is 4.99 Å². The molecule has 0 fully saturated rings. The molecule has 0 spiro atoms. The molecule has 0 atom stereocenters. The van der Waals surface area contributed by atoms with Crippen LogP contribution in [0.2, 0.25) is 0 Å². The van der Waals surface area contributed by atoms with E-state index in [-0.39, 0.29) is 5.41 Å². The molecule has 0 heterocycles. The highest BCUT2D eigenvalue weighted by atomic mass is 14.7. The van der Waals surface area contributed by atoms with Crippen molar-refractivity contribution in [1.29, 1.82) is 0 Å². The lowest BCUT2D eigenvalue weighted by Gasteiger charge is -2.22. The quantitative estimate of drug-likeness (QED) is 0.174. The van der Waals surface area contributed by atoms with E-state index < -0.39 is 0 Å². The minimum absolute atomic E-state index is 0.0805. The average Bonchev–Trinajstić information content (AvgIpc) is 3.18. The summed E-state index contributed by atoms with van der Waals surface area (Å²) in [6, 6.07) is 39.5. The van der Waals surface area contributed by atoms with Crippen molar-refractivity contribution in [1.82, 2.24) is 0 Å². The first-order valence-electron chi connectivity index (χ1n) is 13.3. The van der Waals surface area contributed by atoms with Crippen molar-refractivity contribution in [2.24, 2.45) is 4.99 Å². The van der Waals surface area contributed by atoms with Gasteiger partial charge in [0.2, 0.25) is 0 Å². The topological polar surface area (TPSA) is 12.4 Å². The molecule has 0 radical (unpaired) electrons. The number of fused-ring (bicyclic) bond motifs is 9. The highest BCUT2D eigenvalue weighted by Gasteiger charge is 2.36. The van der Waals surface area contributed by atoms with Gasteiger partial charge in [-0.2, -0.15) is 0 Å². The maximum Gasteiger partial charge on any atom is 0.0633 e. The molecule has 182 valence electrons. The third kappa shape index (κ3) is 3.28. The lowest BCUT2D eigenvalue weighted by molar-refractivity contribution is 0.661. The second-order valence-corrected chi connectivity index (χ2v) is 10.9. The van der Waals surface area contributed by atoms with Gasteiger partial charge in [-0.15, -0.1) is 0 Å².